The second-order valence-electron chi connectivity index (χ2n) is 1.52. The molecule has 0 fully saturated rings. The maximum Gasteiger partial charge on any atom is 0.307 e. The number of aliphatic carboxylic acids is 1. The van der Waals surface area contributed by atoms with Crippen LogP contribution in [-0.4, -0.2) is 22.4 Å². The fraction of sp³-hybridized carbons (Fsp3) is 0.333. The van der Waals surface area contributed by atoms with E-state index in [2.05, 4.69) is 0 Å². The average Bonchev–Trinajstić information content (AvgIpc) is 1.87. The van der Waals surface area contributed by atoms with Gasteiger partial charge in [-0.05, 0) is 12.3 Å². The largest absolute Gasteiger partial charge is 0.481 e. The Morgan fingerprint density at radius 1 is 1.60 bits per heavy atom. The summed E-state index contributed by atoms with van der Waals surface area (Å²) in [5.74, 6) is -0.926. The van der Waals surface area contributed by atoms with Crippen molar-refractivity contribution in [3.63, 3.8) is 0 Å². The second-order valence-corrected chi connectivity index (χ2v) is 2.33. The zero-order valence-corrected chi connectivity index (χ0v) is 6.35. The van der Waals surface area contributed by atoms with Crippen LogP contribution in [0.5, 0.6) is 0 Å². The Morgan fingerprint density at radius 3 is 2.60 bits per heavy atom. The number of carboxylic acid groups (broad SMARTS) is 1. The molecule has 0 radical (unpaired) electrons. The van der Waals surface area contributed by atoms with Crippen LogP contribution < -0.4 is 0 Å². The van der Waals surface area contributed by atoms with E-state index in [9.17, 15) is 9.59 Å². The summed E-state index contributed by atoms with van der Waals surface area (Å²) in [7, 11) is 0. The van der Waals surface area contributed by atoms with Gasteiger partial charge in [-0.15, -0.1) is 0 Å². The summed E-state index contributed by atoms with van der Waals surface area (Å²) in [6.07, 6.45) is 4.15. The molecule has 3 nitrogen and oxygen atoms in total. The lowest BCUT2D eigenvalue weighted by atomic mass is 10.4. The molecule has 0 rings (SSSR count). The highest BCUT2D eigenvalue weighted by atomic mass is 32.2. The molecule has 56 valence electrons. The molecule has 0 spiro atoms. The minimum Gasteiger partial charge on any atom is -0.481 e. The third-order valence-corrected chi connectivity index (χ3v) is 1.29. The fourth-order valence-electron chi connectivity index (χ4n) is 0.324. The van der Waals surface area contributed by atoms with Gasteiger partial charge in [0.25, 0.3) is 0 Å². The van der Waals surface area contributed by atoms with E-state index in [0.29, 0.717) is 0 Å². The molecule has 0 amide bonds. The van der Waals surface area contributed by atoms with Gasteiger partial charge in [0, 0.05) is 0 Å². The van der Waals surface area contributed by atoms with Gasteiger partial charge >= 0.3 is 5.97 Å². The third kappa shape index (κ3) is 5.37. The lowest BCUT2D eigenvalue weighted by Crippen LogP contribution is -1.91. The number of carbonyl (C=O) groups is 2. The van der Waals surface area contributed by atoms with Crippen LogP contribution in [0.4, 0.5) is 0 Å². The van der Waals surface area contributed by atoms with E-state index in [-0.39, 0.29) is 11.5 Å². The van der Waals surface area contributed by atoms with Gasteiger partial charge in [0.1, 0.15) is 0 Å². The molecule has 0 heterocycles. The monoisotopic (exact) mass is 160 g/mol. The molecule has 4 heteroatoms. The van der Waals surface area contributed by atoms with Crippen molar-refractivity contribution in [2.45, 2.75) is 6.42 Å². The summed E-state index contributed by atoms with van der Waals surface area (Å²) in [5.41, 5.74) is 0. The van der Waals surface area contributed by atoms with Gasteiger partial charge in [-0.2, -0.15) is 0 Å². The quantitative estimate of drug-likeness (QED) is 0.623. The molecule has 0 aromatic rings. The predicted molar refractivity (Wildman–Crippen MR) is 39.9 cm³/mol. The van der Waals surface area contributed by atoms with Crippen molar-refractivity contribution in [2.24, 2.45) is 0 Å². The van der Waals surface area contributed by atoms with E-state index in [1.165, 1.54) is 12.2 Å². The number of hydrogen-bond acceptors (Lipinski definition) is 3. The molecule has 0 aliphatic heterocycles. The maximum atomic E-state index is 10.5. The minimum atomic E-state index is -0.926. The lowest BCUT2D eigenvalue weighted by molar-refractivity contribution is -0.135. The molecule has 0 bridgehead atoms. The minimum absolute atomic E-state index is 0.0910. The molecule has 0 saturated heterocycles. The third-order valence-electron chi connectivity index (χ3n) is 0.748. The van der Waals surface area contributed by atoms with Crippen molar-refractivity contribution < 1.29 is 14.7 Å². The summed E-state index contributed by atoms with van der Waals surface area (Å²) in [6.45, 7) is 0. The highest BCUT2D eigenvalue weighted by Crippen LogP contribution is 1.95. The van der Waals surface area contributed by atoms with Crippen molar-refractivity contribution in [1.29, 1.82) is 0 Å². The molecule has 0 aromatic carbocycles. The van der Waals surface area contributed by atoms with Gasteiger partial charge < -0.3 is 5.11 Å². The van der Waals surface area contributed by atoms with Crippen LogP contribution in [0.1, 0.15) is 6.42 Å². The predicted octanol–water partition coefficient (Wildman–Crippen LogP) is 0.907. The van der Waals surface area contributed by atoms with Gasteiger partial charge in [0.15, 0.2) is 0 Å². The highest BCUT2D eigenvalue weighted by molar-refractivity contribution is 8.13. The van der Waals surface area contributed by atoms with Crippen molar-refractivity contribution in [3.05, 3.63) is 12.2 Å². The van der Waals surface area contributed by atoms with Crippen LogP contribution in [-0.2, 0) is 9.59 Å². The molecule has 0 aromatic heterocycles. The lowest BCUT2D eigenvalue weighted by Gasteiger charge is -1.83. The van der Waals surface area contributed by atoms with Gasteiger partial charge in [-0.1, -0.05) is 17.8 Å². The molecule has 0 atom stereocenters. The normalized spacial score (nSPS) is 10.1. The number of carboxylic acids is 1. The summed E-state index contributed by atoms with van der Waals surface area (Å²) in [4.78, 5) is 20.4. The Morgan fingerprint density at radius 2 is 2.20 bits per heavy atom. The van der Waals surface area contributed by atoms with Gasteiger partial charge in [0.05, 0.1) is 6.42 Å². The summed E-state index contributed by atoms with van der Waals surface area (Å²) in [6, 6.07) is 0. The van der Waals surface area contributed by atoms with Crippen LogP contribution in [0, 0.1) is 0 Å². The van der Waals surface area contributed by atoms with Crippen LogP contribution >= 0.6 is 11.8 Å². The topological polar surface area (TPSA) is 54.4 Å². The second kappa shape index (κ2) is 5.05. The Bertz CT molecular complexity index is 162. The number of rotatable bonds is 3. The Hall–Kier alpha value is -0.770. The van der Waals surface area contributed by atoms with Crippen LogP contribution in [0.25, 0.3) is 0 Å². The maximum absolute atomic E-state index is 10.5. The molecule has 10 heavy (non-hydrogen) atoms. The van der Waals surface area contributed by atoms with E-state index in [1.54, 1.807) is 6.26 Å². The zero-order chi connectivity index (χ0) is 7.98. The fourth-order valence-corrected chi connectivity index (χ4v) is 0.556. The first kappa shape index (κ1) is 9.23. The molecule has 0 saturated carbocycles. The first-order valence-electron chi connectivity index (χ1n) is 2.63. The van der Waals surface area contributed by atoms with E-state index in [0.717, 1.165) is 11.8 Å². The Kier molecular flexibility index (Phi) is 4.66. The van der Waals surface area contributed by atoms with Crippen LogP contribution in [0.3, 0.4) is 0 Å². The molecule has 0 aliphatic carbocycles. The Balaban J connectivity index is 3.56. The van der Waals surface area contributed by atoms with Gasteiger partial charge in [0.2, 0.25) is 5.12 Å². The standard InChI is InChI=1S/C6H8O3S/c1-10-6(9)4-2-3-5(7)8/h2,4H,3H2,1H3,(H,7,8)/b4-2+. The van der Waals surface area contributed by atoms with E-state index in [1.807, 2.05) is 0 Å². The molecule has 0 aliphatic rings. The van der Waals surface area contributed by atoms with Gasteiger partial charge in [-0.3, -0.25) is 9.59 Å². The average molecular weight is 160 g/mol. The zero-order valence-electron chi connectivity index (χ0n) is 5.53. The SMILES string of the molecule is CSC(=O)/C=C/CC(=O)O. The summed E-state index contributed by atoms with van der Waals surface area (Å²) < 4.78 is 0. The van der Waals surface area contributed by atoms with Crippen molar-refractivity contribution in [3.8, 4) is 0 Å². The first-order valence-corrected chi connectivity index (χ1v) is 3.85. The van der Waals surface area contributed by atoms with E-state index < -0.39 is 5.97 Å². The van der Waals surface area contributed by atoms with Crippen molar-refractivity contribution in [1.82, 2.24) is 0 Å². The Labute approximate surface area is 63.1 Å². The molecule has 1 N–H and O–H groups in total. The number of hydrogen-bond donors (Lipinski definition) is 1. The van der Waals surface area contributed by atoms with Crippen molar-refractivity contribution >= 4 is 22.8 Å². The summed E-state index contributed by atoms with van der Waals surface area (Å²) >= 11 is 1.06. The number of thioether (sulfide) groups is 1. The summed E-state index contributed by atoms with van der Waals surface area (Å²) in [5, 5.41) is 8.01. The van der Waals surface area contributed by atoms with E-state index in [4.69, 9.17) is 5.11 Å². The highest BCUT2D eigenvalue weighted by Gasteiger charge is 1.92. The van der Waals surface area contributed by atoms with Crippen molar-refractivity contribution in [2.75, 3.05) is 6.26 Å². The number of carbonyl (C=O) groups excluding carboxylic acids is 1. The molecular formula is C6H8O3S. The first-order chi connectivity index (χ1) is 4.66. The molecule has 0 unspecified atom stereocenters. The smallest absolute Gasteiger partial charge is 0.307 e. The molecular weight excluding hydrogens is 152 g/mol. The van der Waals surface area contributed by atoms with Gasteiger partial charge in [-0.25, -0.2) is 0 Å². The van der Waals surface area contributed by atoms with Crippen LogP contribution in [0.2, 0.25) is 0 Å². The van der Waals surface area contributed by atoms with E-state index >= 15 is 0 Å². The van der Waals surface area contributed by atoms with Crippen LogP contribution in [0.15, 0.2) is 12.2 Å².